The molecule has 0 spiro atoms. The number of carboxylic acids is 1. The first-order valence-electron chi connectivity index (χ1n) is 6.85. The zero-order valence-electron chi connectivity index (χ0n) is 13.7. The summed E-state index contributed by atoms with van der Waals surface area (Å²) in [5, 5.41) is 9.00. The van der Waals surface area contributed by atoms with Crippen LogP contribution in [0.15, 0.2) is 23.1 Å². The van der Waals surface area contributed by atoms with Crippen LogP contribution < -0.4 is 9.46 Å². The van der Waals surface area contributed by atoms with Crippen LogP contribution >= 0.6 is 0 Å². The molecule has 2 N–H and O–H groups in total. The average Bonchev–Trinajstić information content (AvgIpc) is 2.52. The number of ether oxygens (including phenoxy) is 1. The van der Waals surface area contributed by atoms with Crippen molar-refractivity contribution in [3.8, 4) is 5.75 Å². The smallest absolute Gasteiger partial charge is 0.321 e. The molecule has 0 saturated heterocycles. The molecule has 9 nitrogen and oxygen atoms in total. The van der Waals surface area contributed by atoms with Gasteiger partial charge in [-0.3, -0.25) is 9.52 Å². The van der Waals surface area contributed by atoms with Gasteiger partial charge in [-0.05, 0) is 26.0 Å². The lowest BCUT2D eigenvalue weighted by Crippen LogP contribution is -2.40. The molecule has 1 atom stereocenters. The van der Waals surface area contributed by atoms with Crippen molar-refractivity contribution in [2.24, 2.45) is 0 Å². The first-order chi connectivity index (χ1) is 11.0. The number of nitrogens with one attached hydrogen (secondary N) is 1. The molecule has 1 unspecified atom stereocenters. The highest BCUT2D eigenvalue weighted by atomic mass is 32.2. The number of aliphatic carboxylic acids is 1. The van der Waals surface area contributed by atoms with E-state index in [9.17, 15) is 21.6 Å². The number of hydrogen-bond donors (Lipinski definition) is 2. The maximum Gasteiger partial charge on any atom is 0.321 e. The lowest BCUT2D eigenvalue weighted by Gasteiger charge is -2.23. The molecule has 24 heavy (non-hydrogen) atoms. The van der Waals surface area contributed by atoms with E-state index in [0.717, 1.165) is 13.1 Å². The van der Waals surface area contributed by atoms with Gasteiger partial charge in [0.1, 0.15) is 16.7 Å². The Hall–Kier alpha value is -1.85. The Morgan fingerprint density at radius 1 is 1.33 bits per heavy atom. The molecule has 0 aliphatic carbocycles. The lowest BCUT2D eigenvalue weighted by molar-refractivity contribution is -0.140. The number of carboxylic acid groups (broad SMARTS) is 1. The third-order valence-electron chi connectivity index (χ3n) is 3.39. The fraction of sp³-hybridized carbons (Fsp3) is 0.462. The van der Waals surface area contributed by atoms with Crippen LogP contribution in [-0.2, 0) is 24.8 Å². The molecule has 0 aromatic heterocycles. The lowest BCUT2D eigenvalue weighted by atomic mass is 10.3. The molecule has 1 aromatic carbocycles. The Kier molecular flexibility index (Phi) is 6.20. The normalized spacial score (nSPS) is 13.5. The second-order valence-electron chi connectivity index (χ2n) is 4.90. The van der Waals surface area contributed by atoms with Crippen molar-refractivity contribution in [2.45, 2.75) is 24.8 Å². The number of carbonyl (C=O) groups is 1. The SMILES string of the molecule is CCS(=O)(=O)Nc1cc(OC)ccc1S(=O)(=O)N(C)C(C)C(=O)O. The maximum atomic E-state index is 12.7. The van der Waals surface area contributed by atoms with Crippen LogP contribution in [0.4, 0.5) is 5.69 Å². The van der Waals surface area contributed by atoms with Gasteiger partial charge in [-0.1, -0.05) is 0 Å². The Labute approximate surface area is 141 Å². The van der Waals surface area contributed by atoms with Gasteiger partial charge in [0.25, 0.3) is 0 Å². The predicted octanol–water partition coefficient (Wildman–Crippen LogP) is 0.550. The molecule has 0 saturated carbocycles. The molecule has 0 aliphatic heterocycles. The van der Waals surface area contributed by atoms with E-state index in [1.165, 1.54) is 33.1 Å². The highest BCUT2D eigenvalue weighted by Crippen LogP contribution is 2.30. The quantitative estimate of drug-likeness (QED) is 0.673. The zero-order chi connectivity index (χ0) is 18.7. The van der Waals surface area contributed by atoms with Crippen LogP contribution in [0.3, 0.4) is 0 Å². The van der Waals surface area contributed by atoms with Crippen molar-refractivity contribution in [1.29, 1.82) is 0 Å². The number of anilines is 1. The number of rotatable bonds is 8. The van der Waals surface area contributed by atoms with Gasteiger partial charge in [0, 0.05) is 13.1 Å². The Morgan fingerprint density at radius 2 is 1.92 bits per heavy atom. The van der Waals surface area contributed by atoms with Gasteiger partial charge in [-0.15, -0.1) is 0 Å². The summed E-state index contributed by atoms with van der Waals surface area (Å²) in [4.78, 5) is 10.7. The molecule has 0 amide bonds. The Bertz CT molecular complexity index is 819. The first kappa shape index (κ1) is 20.2. The molecule has 1 aromatic rings. The summed E-state index contributed by atoms with van der Waals surface area (Å²) in [6.07, 6.45) is 0. The van der Waals surface area contributed by atoms with E-state index in [0.29, 0.717) is 4.31 Å². The number of hydrogen-bond acceptors (Lipinski definition) is 6. The van der Waals surface area contributed by atoms with Crippen LogP contribution in [0.5, 0.6) is 5.75 Å². The summed E-state index contributed by atoms with van der Waals surface area (Å²) in [5.74, 6) is -1.34. The minimum Gasteiger partial charge on any atom is -0.497 e. The molecule has 0 fully saturated rings. The van der Waals surface area contributed by atoms with Gasteiger partial charge in [0.15, 0.2) is 0 Å². The van der Waals surface area contributed by atoms with Crippen molar-refractivity contribution < 1.29 is 31.5 Å². The van der Waals surface area contributed by atoms with E-state index in [1.54, 1.807) is 0 Å². The molecule has 0 heterocycles. The Balaban J connectivity index is 3.49. The monoisotopic (exact) mass is 380 g/mol. The van der Waals surface area contributed by atoms with E-state index in [1.807, 2.05) is 0 Å². The molecule has 136 valence electrons. The fourth-order valence-electron chi connectivity index (χ4n) is 1.70. The van der Waals surface area contributed by atoms with E-state index in [2.05, 4.69) is 4.72 Å². The van der Waals surface area contributed by atoms with Crippen LogP contribution in [-0.4, -0.2) is 58.2 Å². The topological polar surface area (TPSA) is 130 Å². The van der Waals surface area contributed by atoms with Gasteiger partial charge < -0.3 is 9.84 Å². The number of nitrogens with zero attached hydrogens (tertiary/aromatic N) is 1. The summed E-state index contributed by atoms with van der Waals surface area (Å²) < 4.78 is 56.7. The zero-order valence-corrected chi connectivity index (χ0v) is 15.3. The van der Waals surface area contributed by atoms with Crippen LogP contribution in [0.1, 0.15) is 13.8 Å². The van der Waals surface area contributed by atoms with Crippen molar-refractivity contribution in [3.63, 3.8) is 0 Å². The summed E-state index contributed by atoms with van der Waals surface area (Å²) in [6.45, 7) is 2.61. The largest absolute Gasteiger partial charge is 0.497 e. The standard InChI is InChI=1S/C13H20N2O7S2/c1-5-23(18,19)14-11-8-10(22-4)6-7-12(11)24(20,21)15(3)9(2)13(16)17/h6-9,14H,5H2,1-4H3,(H,16,17). The highest BCUT2D eigenvalue weighted by molar-refractivity contribution is 7.93. The number of benzene rings is 1. The maximum absolute atomic E-state index is 12.7. The van der Waals surface area contributed by atoms with Gasteiger partial charge >= 0.3 is 5.97 Å². The van der Waals surface area contributed by atoms with Crippen molar-refractivity contribution >= 4 is 31.7 Å². The first-order valence-corrected chi connectivity index (χ1v) is 9.95. The van der Waals surface area contributed by atoms with E-state index in [-0.39, 0.29) is 22.1 Å². The minimum atomic E-state index is -4.25. The second kappa shape index (κ2) is 7.36. The van der Waals surface area contributed by atoms with Gasteiger partial charge in [-0.2, -0.15) is 4.31 Å². The average molecular weight is 380 g/mol. The minimum absolute atomic E-state index is 0.208. The van der Waals surface area contributed by atoms with Crippen LogP contribution in [0.2, 0.25) is 0 Å². The fourth-order valence-corrected chi connectivity index (χ4v) is 3.86. The number of methoxy groups -OCH3 is 1. The molecular weight excluding hydrogens is 360 g/mol. The number of likely N-dealkylation sites (N-methyl/N-ethyl adjacent to an activating group) is 1. The third kappa shape index (κ3) is 4.36. The second-order valence-corrected chi connectivity index (χ2v) is 8.88. The summed E-state index contributed by atoms with van der Waals surface area (Å²) in [7, 11) is -5.54. The number of sulfonamides is 2. The summed E-state index contributed by atoms with van der Waals surface area (Å²) >= 11 is 0. The van der Waals surface area contributed by atoms with Crippen molar-refractivity contribution in [3.05, 3.63) is 18.2 Å². The van der Waals surface area contributed by atoms with Crippen LogP contribution in [0.25, 0.3) is 0 Å². The van der Waals surface area contributed by atoms with E-state index < -0.39 is 32.1 Å². The molecule has 0 bridgehead atoms. The molecule has 0 radical (unpaired) electrons. The van der Waals surface area contributed by atoms with Crippen molar-refractivity contribution in [2.75, 3.05) is 24.6 Å². The molecule has 0 aliphatic rings. The van der Waals surface area contributed by atoms with E-state index in [4.69, 9.17) is 9.84 Å². The Morgan fingerprint density at radius 3 is 2.38 bits per heavy atom. The van der Waals surface area contributed by atoms with Gasteiger partial charge in [0.05, 0.1) is 18.6 Å². The molecular formula is C13H20N2O7S2. The summed E-state index contributed by atoms with van der Waals surface area (Å²) in [5.41, 5.74) is -0.208. The van der Waals surface area contributed by atoms with E-state index >= 15 is 0 Å². The van der Waals surface area contributed by atoms with Gasteiger partial charge in [0.2, 0.25) is 20.0 Å². The van der Waals surface area contributed by atoms with Crippen LogP contribution in [0, 0.1) is 0 Å². The molecule has 11 heteroatoms. The third-order valence-corrected chi connectivity index (χ3v) is 6.67. The molecule has 1 rings (SSSR count). The predicted molar refractivity (Wildman–Crippen MR) is 88.1 cm³/mol. The summed E-state index contributed by atoms with van der Waals surface area (Å²) in [6, 6.07) is 2.40. The van der Waals surface area contributed by atoms with Crippen molar-refractivity contribution in [1.82, 2.24) is 4.31 Å². The van der Waals surface area contributed by atoms with Gasteiger partial charge in [-0.25, -0.2) is 16.8 Å². The highest BCUT2D eigenvalue weighted by Gasteiger charge is 2.32.